The van der Waals surface area contributed by atoms with Gasteiger partial charge in [0.1, 0.15) is 6.04 Å². The lowest BCUT2D eigenvalue weighted by atomic mass is 9.89. The molecule has 0 saturated carbocycles. The van der Waals surface area contributed by atoms with Crippen molar-refractivity contribution in [2.45, 2.75) is 44.8 Å². The largest absolute Gasteiger partial charge is 0.483 e. The predicted octanol–water partition coefficient (Wildman–Crippen LogP) is 4.38. The van der Waals surface area contributed by atoms with Crippen LogP contribution in [-0.2, 0) is 26.9 Å². The van der Waals surface area contributed by atoms with Crippen LogP contribution in [0.5, 0.6) is 0 Å². The average molecular weight is 613 g/mol. The fraction of sp³-hybridized carbons (Fsp3) is 0.367. The summed E-state index contributed by atoms with van der Waals surface area (Å²) in [5, 5.41) is 23.1. The van der Waals surface area contributed by atoms with Crippen LogP contribution in [-0.4, -0.2) is 64.0 Å². The highest BCUT2D eigenvalue weighted by Crippen LogP contribution is 2.43. The number of esters is 1. The van der Waals surface area contributed by atoms with Gasteiger partial charge in [0.05, 0.1) is 29.9 Å². The molecule has 11 nitrogen and oxygen atoms in total. The number of anilines is 2. The SMILES string of the molecule is COC(=O)C1=C(C)N(c2cccc(C(F)(F)F)c2)c2n[nH]c(=O)n2[C@@H]1c1ccc(C#N)cc1CCN1CCCCC1.O=CO. The van der Waals surface area contributed by atoms with E-state index in [1.54, 1.807) is 25.1 Å². The van der Waals surface area contributed by atoms with Gasteiger partial charge in [-0.05, 0) is 80.7 Å². The van der Waals surface area contributed by atoms with Crippen LogP contribution in [0.4, 0.5) is 24.8 Å². The summed E-state index contributed by atoms with van der Waals surface area (Å²) in [6.07, 6.45) is -0.625. The lowest BCUT2D eigenvalue weighted by molar-refractivity contribution is -0.138. The van der Waals surface area contributed by atoms with Crippen molar-refractivity contribution in [2.75, 3.05) is 31.6 Å². The first-order chi connectivity index (χ1) is 21.0. The van der Waals surface area contributed by atoms with E-state index >= 15 is 0 Å². The number of nitrogens with zero attached hydrogens (tertiary/aromatic N) is 5. The number of methoxy groups -OCH3 is 1. The number of H-pyrrole nitrogens is 1. The Kier molecular flexibility index (Phi) is 9.90. The molecule has 1 fully saturated rings. The van der Waals surface area contributed by atoms with Crippen LogP contribution in [0.1, 0.15) is 54.5 Å². The molecule has 0 unspecified atom stereocenters. The molecule has 232 valence electrons. The summed E-state index contributed by atoms with van der Waals surface area (Å²) in [4.78, 5) is 38.7. The maximum absolute atomic E-state index is 13.6. The molecule has 0 aliphatic carbocycles. The van der Waals surface area contributed by atoms with E-state index in [0.29, 0.717) is 17.5 Å². The Morgan fingerprint density at radius 3 is 2.55 bits per heavy atom. The number of allylic oxidation sites excluding steroid dienone is 1. The highest BCUT2D eigenvalue weighted by Gasteiger charge is 2.41. The fourth-order valence-corrected chi connectivity index (χ4v) is 5.70. The van der Waals surface area contributed by atoms with Gasteiger partial charge in [-0.1, -0.05) is 18.6 Å². The number of fused-ring (bicyclic) bond motifs is 1. The molecule has 0 amide bonds. The van der Waals surface area contributed by atoms with Crippen molar-refractivity contribution in [3.63, 3.8) is 0 Å². The number of likely N-dealkylation sites (tertiary alicyclic amines) is 1. The first-order valence-electron chi connectivity index (χ1n) is 13.8. The number of nitrogens with one attached hydrogen (secondary N) is 1. The molecule has 1 saturated heterocycles. The van der Waals surface area contributed by atoms with Gasteiger partial charge in [0.15, 0.2) is 0 Å². The minimum absolute atomic E-state index is 0.0239. The van der Waals surface area contributed by atoms with Crippen LogP contribution in [0, 0.1) is 11.3 Å². The Morgan fingerprint density at radius 1 is 1.20 bits per heavy atom. The van der Waals surface area contributed by atoms with Crippen molar-refractivity contribution < 1.29 is 32.6 Å². The Morgan fingerprint density at radius 2 is 1.91 bits per heavy atom. The van der Waals surface area contributed by atoms with Gasteiger partial charge in [0.25, 0.3) is 6.47 Å². The van der Waals surface area contributed by atoms with Gasteiger partial charge < -0.3 is 14.7 Å². The van der Waals surface area contributed by atoms with Gasteiger partial charge in [-0.15, -0.1) is 5.10 Å². The molecule has 0 spiro atoms. The van der Waals surface area contributed by atoms with Crippen LogP contribution < -0.4 is 10.6 Å². The second-order valence-corrected chi connectivity index (χ2v) is 10.3. The number of aromatic nitrogens is 3. The Balaban J connectivity index is 0.00000141. The van der Waals surface area contributed by atoms with Crippen LogP contribution >= 0.6 is 0 Å². The molecule has 2 aliphatic heterocycles. The zero-order chi connectivity index (χ0) is 32.0. The third-order valence-corrected chi connectivity index (χ3v) is 7.69. The molecule has 1 aromatic heterocycles. The molecule has 3 heterocycles. The zero-order valence-electron chi connectivity index (χ0n) is 24.1. The van der Waals surface area contributed by atoms with Crippen LogP contribution in [0.25, 0.3) is 0 Å². The number of benzene rings is 2. The summed E-state index contributed by atoms with van der Waals surface area (Å²) < 4.78 is 47.1. The van der Waals surface area contributed by atoms with Gasteiger partial charge in [-0.3, -0.25) is 9.69 Å². The van der Waals surface area contributed by atoms with E-state index in [1.165, 1.54) is 35.1 Å². The molecule has 44 heavy (non-hydrogen) atoms. The van der Waals surface area contributed by atoms with E-state index in [0.717, 1.165) is 50.2 Å². The number of aromatic amines is 1. The summed E-state index contributed by atoms with van der Waals surface area (Å²) in [6.45, 7) is 4.01. The summed E-state index contributed by atoms with van der Waals surface area (Å²) in [7, 11) is 1.21. The van der Waals surface area contributed by atoms with E-state index in [4.69, 9.17) is 14.6 Å². The maximum Gasteiger partial charge on any atom is 0.416 e. The number of carbonyl (C=O) groups excluding carboxylic acids is 1. The highest BCUT2D eigenvalue weighted by atomic mass is 19.4. The minimum atomic E-state index is -4.60. The first-order valence-corrected chi connectivity index (χ1v) is 13.8. The second-order valence-electron chi connectivity index (χ2n) is 10.3. The number of carbonyl (C=O) groups is 2. The van der Waals surface area contributed by atoms with Crippen LogP contribution in [0.15, 0.2) is 58.5 Å². The lowest BCUT2D eigenvalue weighted by Crippen LogP contribution is -2.38. The quantitative estimate of drug-likeness (QED) is 0.306. The van der Waals surface area contributed by atoms with Crippen molar-refractivity contribution in [1.82, 2.24) is 19.7 Å². The van der Waals surface area contributed by atoms with Crippen molar-refractivity contribution in [2.24, 2.45) is 0 Å². The summed E-state index contributed by atoms with van der Waals surface area (Å²) in [5.41, 5.74) is 0.688. The van der Waals surface area contributed by atoms with E-state index in [-0.39, 0.29) is 29.4 Å². The molecular weight excluding hydrogens is 581 g/mol. The number of carboxylic acid groups (broad SMARTS) is 1. The van der Waals surface area contributed by atoms with Gasteiger partial charge in [-0.25, -0.2) is 19.3 Å². The highest BCUT2D eigenvalue weighted by molar-refractivity contribution is 5.93. The molecule has 0 bridgehead atoms. The number of hydrogen-bond donors (Lipinski definition) is 2. The first kappa shape index (κ1) is 32.0. The summed E-state index contributed by atoms with van der Waals surface area (Å²) in [6, 6.07) is 10.8. The fourth-order valence-electron chi connectivity index (χ4n) is 5.70. The van der Waals surface area contributed by atoms with E-state index in [2.05, 4.69) is 21.2 Å². The number of nitriles is 1. The molecule has 1 atom stereocenters. The Hall–Kier alpha value is -4.90. The van der Waals surface area contributed by atoms with Crippen molar-refractivity contribution in [1.29, 1.82) is 5.26 Å². The predicted molar refractivity (Wildman–Crippen MR) is 153 cm³/mol. The number of rotatable bonds is 6. The van der Waals surface area contributed by atoms with Crippen molar-refractivity contribution in [3.05, 3.63) is 86.5 Å². The summed E-state index contributed by atoms with van der Waals surface area (Å²) >= 11 is 0. The summed E-state index contributed by atoms with van der Waals surface area (Å²) in [5.74, 6) is -0.717. The molecule has 14 heteroatoms. The van der Waals surface area contributed by atoms with Gasteiger partial charge in [0, 0.05) is 17.9 Å². The van der Waals surface area contributed by atoms with Crippen LogP contribution in [0.3, 0.4) is 0 Å². The Bertz CT molecular complexity index is 1650. The normalized spacial score (nSPS) is 16.8. The maximum atomic E-state index is 13.6. The van der Waals surface area contributed by atoms with E-state index in [1.807, 2.05) is 0 Å². The number of alkyl halides is 3. The number of halogens is 3. The monoisotopic (exact) mass is 612 g/mol. The third kappa shape index (κ3) is 6.52. The van der Waals surface area contributed by atoms with Crippen molar-refractivity contribution >= 4 is 24.1 Å². The van der Waals surface area contributed by atoms with E-state index < -0.39 is 29.4 Å². The minimum Gasteiger partial charge on any atom is -0.483 e. The number of piperidine rings is 1. The molecular formula is C30H31F3N6O5. The Labute approximate surface area is 250 Å². The molecule has 2 N–H and O–H groups in total. The topological polar surface area (TPSA) is 145 Å². The average Bonchev–Trinajstić information content (AvgIpc) is 3.40. The standard InChI is InChI=1S/C29H29F3N6O3.CH2O2/c1-18-24(26(39)41-2)25(23-10-9-19(17-33)15-20(23)11-14-36-12-4-3-5-13-36)38-27(34-35-28(38)40)37(18)22-8-6-7-21(16-22)29(30,31)32;2-1-3/h6-10,15-16,25H,3-5,11-14H2,1-2H3,(H,35,40);1H,(H,2,3)/t25-;/m1./s1. The van der Waals surface area contributed by atoms with Gasteiger partial charge in [0.2, 0.25) is 5.95 Å². The number of ether oxygens (including phenoxy) is 1. The molecule has 0 radical (unpaired) electrons. The third-order valence-electron chi connectivity index (χ3n) is 7.69. The number of hydrogen-bond acceptors (Lipinski definition) is 8. The molecule has 2 aliphatic rings. The van der Waals surface area contributed by atoms with E-state index in [9.17, 15) is 28.0 Å². The molecule has 2 aromatic carbocycles. The van der Waals surface area contributed by atoms with Gasteiger partial charge >= 0.3 is 17.8 Å². The lowest BCUT2D eigenvalue weighted by Gasteiger charge is -2.36. The van der Waals surface area contributed by atoms with Crippen molar-refractivity contribution in [3.8, 4) is 6.07 Å². The van der Waals surface area contributed by atoms with Crippen LogP contribution in [0.2, 0.25) is 0 Å². The molecule has 5 rings (SSSR count). The molecule has 3 aromatic rings. The second kappa shape index (κ2) is 13.6. The van der Waals surface area contributed by atoms with Gasteiger partial charge in [-0.2, -0.15) is 18.4 Å². The smallest absolute Gasteiger partial charge is 0.416 e. The zero-order valence-corrected chi connectivity index (χ0v) is 24.1.